The molecule has 0 saturated heterocycles. The van der Waals surface area contributed by atoms with Crippen LogP contribution in [0.4, 0.5) is 0 Å². The summed E-state index contributed by atoms with van der Waals surface area (Å²) in [5.74, 6) is -0.330. The Balaban J connectivity index is 1.91. The predicted molar refractivity (Wildman–Crippen MR) is 66.5 cm³/mol. The molecule has 1 aliphatic rings. The zero-order valence-corrected chi connectivity index (χ0v) is 10.2. The van der Waals surface area contributed by atoms with Crippen molar-refractivity contribution in [1.82, 2.24) is 9.55 Å². The fraction of sp³-hybridized carbons (Fsp3) is 0.286. The maximum absolute atomic E-state index is 11.6. The molecular weight excluding hydrogens is 228 g/mol. The number of esters is 1. The molecule has 92 valence electrons. The van der Waals surface area contributed by atoms with Crippen LogP contribution >= 0.6 is 0 Å². The number of imidazole rings is 1. The Kier molecular flexibility index (Phi) is 2.63. The fourth-order valence-electron chi connectivity index (χ4n) is 2.59. The SMILES string of the molecule is COC(=O)c1cncn1C1Cc2ccccc2C1. The molecule has 4 heteroatoms. The van der Waals surface area contributed by atoms with Crippen LogP contribution in [0.2, 0.25) is 0 Å². The molecule has 0 atom stereocenters. The normalized spacial score (nSPS) is 14.5. The minimum absolute atomic E-state index is 0.263. The molecule has 0 unspecified atom stereocenters. The van der Waals surface area contributed by atoms with Crippen LogP contribution in [0.5, 0.6) is 0 Å². The second kappa shape index (κ2) is 4.29. The molecule has 0 N–H and O–H groups in total. The summed E-state index contributed by atoms with van der Waals surface area (Å²) in [4.78, 5) is 15.7. The van der Waals surface area contributed by atoms with Crippen molar-refractivity contribution in [2.75, 3.05) is 7.11 Å². The first-order valence-corrected chi connectivity index (χ1v) is 5.96. The molecule has 0 saturated carbocycles. The molecule has 2 aromatic rings. The lowest BCUT2D eigenvalue weighted by atomic mass is 10.1. The van der Waals surface area contributed by atoms with E-state index in [0.717, 1.165) is 12.8 Å². The Morgan fingerprint density at radius 3 is 2.61 bits per heavy atom. The van der Waals surface area contributed by atoms with Crippen molar-refractivity contribution in [1.29, 1.82) is 0 Å². The summed E-state index contributed by atoms with van der Waals surface area (Å²) in [6.07, 6.45) is 5.16. The van der Waals surface area contributed by atoms with Crippen LogP contribution < -0.4 is 0 Å². The quantitative estimate of drug-likeness (QED) is 0.757. The minimum atomic E-state index is -0.330. The average molecular weight is 242 g/mol. The van der Waals surface area contributed by atoms with Gasteiger partial charge in [0.1, 0.15) is 5.69 Å². The summed E-state index contributed by atoms with van der Waals surface area (Å²) in [6.45, 7) is 0. The Hall–Kier alpha value is -2.10. The molecule has 1 aliphatic carbocycles. The van der Waals surface area contributed by atoms with Gasteiger partial charge in [0.05, 0.1) is 19.6 Å². The summed E-state index contributed by atoms with van der Waals surface area (Å²) in [5, 5.41) is 0. The van der Waals surface area contributed by atoms with Gasteiger partial charge < -0.3 is 9.30 Å². The number of fused-ring (bicyclic) bond motifs is 1. The van der Waals surface area contributed by atoms with Crippen molar-refractivity contribution in [2.45, 2.75) is 18.9 Å². The molecule has 1 aromatic heterocycles. The number of nitrogens with zero attached hydrogens (tertiary/aromatic N) is 2. The van der Waals surface area contributed by atoms with Crippen molar-refractivity contribution in [3.63, 3.8) is 0 Å². The molecule has 0 bridgehead atoms. The lowest BCUT2D eigenvalue weighted by molar-refractivity contribution is 0.0586. The van der Waals surface area contributed by atoms with Crippen LogP contribution in [0.3, 0.4) is 0 Å². The molecule has 0 spiro atoms. The molecule has 0 fully saturated rings. The number of benzene rings is 1. The van der Waals surface area contributed by atoms with E-state index >= 15 is 0 Å². The van der Waals surface area contributed by atoms with Crippen LogP contribution in [0.15, 0.2) is 36.8 Å². The van der Waals surface area contributed by atoms with E-state index < -0.39 is 0 Å². The fourth-order valence-corrected chi connectivity index (χ4v) is 2.59. The standard InChI is InChI=1S/C14H14N2O2/c1-18-14(17)13-8-15-9-16(13)12-6-10-4-2-3-5-11(10)7-12/h2-5,8-9,12H,6-7H2,1H3. The molecule has 1 heterocycles. The highest BCUT2D eigenvalue weighted by molar-refractivity contribution is 5.87. The van der Waals surface area contributed by atoms with Gasteiger partial charge in [-0.3, -0.25) is 0 Å². The van der Waals surface area contributed by atoms with Crippen molar-refractivity contribution in [3.05, 3.63) is 53.6 Å². The smallest absolute Gasteiger partial charge is 0.356 e. The predicted octanol–water partition coefficient (Wildman–Crippen LogP) is 2.01. The van der Waals surface area contributed by atoms with Gasteiger partial charge in [0.25, 0.3) is 0 Å². The van der Waals surface area contributed by atoms with Gasteiger partial charge in [-0.1, -0.05) is 24.3 Å². The molecule has 0 radical (unpaired) electrons. The molecule has 4 nitrogen and oxygen atoms in total. The summed E-state index contributed by atoms with van der Waals surface area (Å²) >= 11 is 0. The Bertz CT molecular complexity index is 564. The Morgan fingerprint density at radius 2 is 2.00 bits per heavy atom. The van der Waals surface area contributed by atoms with Crippen molar-refractivity contribution >= 4 is 5.97 Å². The number of carbonyl (C=O) groups is 1. The van der Waals surface area contributed by atoms with E-state index in [9.17, 15) is 4.79 Å². The third-order valence-corrected chi connectivity index (χ3v) is 3.48. The molecule has 3 rings (SSSR count). The summed E-state index contributed by atoms with van der Waals surface area (Å²) in [6, 6.07) is 8.65. The van der Waals surface area contributed by atoms with Gasteiger partial charge in [-0.05, 0) is 24.0 Å². The van der Waals surface area contributed by atoms with Crippen LogP contribution in [-0.2, 0) is 17.6 Å². The van der Waals surface area contributed by atoms with Gasteiger partial charge in [0.15, 0.2) is 0 Å². The number of carbonyl (C=O) groups excluding carboxylic acids is 1. The third-order valence-electron chi connectivity index (χ3n) is 3.48. The second-order valence-corrected chi connectivity index (χ2v) is 4.51. The maximum atomic E-state index is 11.6. The second-order valence-electron chi connectivity index (χ2n) is 4.51. The summed E-state index contributed by atoms with van der Waals surface area (Å²) in [5.41, 5.74) is 3.23. The van der Waals surface area contributed by atoms with Crippen LogP contribution in [0, 0.1) is 0 Å². The van der Waals surface area contributed by atoms with Gasteiger partial charge in [0.2, 0.25) is 0 Å². The highest BCUT2D eigenvalue weighted by atomic mass is 16.5. The van der Waals surface area contributed by atoms with E-state index in [-0.39, 0.29) is 12.0 Å². The molecule has 18 heavy (non-hydrogen) atoms. The van der Waals surface area contributed by atoms with Gasteiger partial charge >= 0.3 is 5.97 Å². The van der Waals surface area contributed by atoms with E-state index in [0.29, 0.717) is 5.69 Å². The van der Waals surface area contributed by atoms with Gasteiger partial charge in [-0.25, -0.2) is 9.78 Å². The topological polar surface area (TPSA) is 44.1 Å². The minimum Gasteiger partial charge on any atom is -0.464 e. The first-order valence-electron chi connectivity index (χ1n) is 5.96. The third kappa shape index (κ3) is 1.70. The number of hydrogen-bond donors (Lipinski definition) is 0. The monoisotopic (exact) mass is 242 g/mol. The van der Waals surface area contributed by atoms with E-state index in [1.54, 1.807) is 12.5 Å². The van der Waals surface area contributed by atoms with Crippen LogP contribution in [0.1, 0.15) is 27.7 Å². The number of rotatable bonds is 2. The van der Waals surface area contributed by atoms with Gasteiger partial charge in [-0.15, -0.1) is 0 Å². The lowest BCUT2D eigenvalue weighted by Gasteiger charge is -2.13. The zero-order valence-electron chi connectivity index (χ0n) is 10.2. The highest BCUT2D eigenvalue weighted by Crippen LogP contribution is 2.30. The Morgan fingerprint density at radius 1 is 1.33 bits per heavy atom. The number of methoxy groups -OCH3 is 1. The number of aromatic nitrogens is 2. The summed E-state index contributed by atoms with van der Waals surface area (Å²) < 4.78 is 6.69. The molecule has 0 amide bonds. The van der Waals surface area contributed by atoms with Crippen molar-refractivity contribution < 1.29 is 9.53 Å². The largest absolute Gasteiger partial charge is 0.464 e. The van der Waals surface area contributed by atoms with Gasteiger partial charge in [0, 0.05) is 6.04 Å². The highest BCUT2D eigenvalue weighted by Gasteiger charge is 2.25. The van der Waals surface area contributed by atoms with E-state index in [1.165, 1.54) is 18.2 Å². The Labute approximate surface area is 105 Å². The first kappa shape index (κ1) is 11.0. The molecule has 1 aromatic carbocycles. The zero-order chi connectivity index (χ0) is 12.5. The molecule has 0 aliphatic heterocycles. The van der Waals surface area contributed by atoms with Crippen molar-refractivity contribution in [2.24, 2.45) is 0 Å². The maximum Gasteiger partial charge on any atom is 0.356 e. The lowest BCUT2D eigenvalue weighted by Crippen LogP contribution is -2.15. The van der Waals surface area contributed by atoms with Gasteiger partial charge in [-0.2, -0.15) is 0 Å². The average Bonchev–Trinajstić information content (AvgIpc) is 3.03. The van der Waals surface area contributed by atoms with Crippen LogP contribution in [0.25, 0.3) is 0 Å². The van der Waals surface area contributed by atoms with E-state index in [2.05, 4.69) is 29.2 Å². The first-order chi connectivity index (χ1) is 8.79. The van der Waals surface area contributed by atoms with E-state index in [1.807, 2.05) is 4.57 Å². The van der Waals surface area contributed by atoms with Crippen LogP contribution in [-0.4, -0.2) is 22.6 Å². The molecular formula is C14H14N2O2. The number of hydrogen-bond acceptors (Lipinski definition) is 3. The number of ether oxygens (including phenoxy) is 1. The van der Waals surface area contributed by atoms with Crippen molar-refractivity contribution in [3.8, 4) is 0 Å². The van der Waals surface area contributed by atoms with E-state index in [4.69, 9.17) is 4.74 Å². The summed E-state index contributed by atoms with van der Waals surface area (Å²) in [7, 11) is 1.39.